The van der Waals surface area contributed by atoms with E-state index in [0.717, 1.165) is 32.1 Å². The second-order valence-corrected chi connectivity index (χ2v) is 24.8. The van der Waals surface area contributed by atoms with E-state index in [1.54, 1.807) is 0 Å². The van der Waals surface area contributed by atoms with Crippen molar-refractivity contribution in [3.05, 3.63) is 29.3 Å². The first kappa shape index (κ1) is 27.4. The molecule has 1 aromatic rings. The molecular formula is C32H50O2Sn. The number of fused-ring (bicyclic) bond motifs is 5. The number of aliphatic hydroxyl groups is 1. The van der Waals surface area contributed by atoms with Crippen molar-refractivity contribution in [3.63, 3.8) is 0 Å². The normalized spacial score (nSPS) is 31.7. The minimum absolute atomic E-state index is 0.0759. The zero-order valence-corrected chi connectivity index (χ0v) is 25.8. The number of hydrogen-bond donors (Lipinski definition) is 2. The van der Waals surface area contributed by atoms with Crippen molar-refractivity contribution in [2.45, 2.75) is 130 Å². The second-order valence-electron chi connectivity index (χ2n) is 12.5. The second kappa shape index (κ2) is 11.4. The summed E-state index contributed by atoms with van der Waals surface area (Å²) in [6.07, 6.45) is 14.3. The number of rotatable bonds is 9. The fourth-order valence-corrected chi connectivity index (χ4v) is 21.5. The average Bonchev–Trinajstić information content (AvgIpc) is 3.13. The van der Waals surface area contributed by atoms with Crippen LogP contribution in [0.4, 0.5) is 0 Å². The van der Waals surface area contributed by atoms with Gasteiger partial charge in [0.25, 0.3) is 0 Å². The molecule has 2 N–H and O–H groups in total. The zero-order valence-electron chi connectivity index (χ0n) is 23.0. The van der Waals surface area contributed by atoms with Gasteiger partial charge < -0.3 is 0 Å². The van der Waals surface area contributed by atoms with Gasteiger partial charge in [-0.05, 0) is 0 Å². The molecule has 0 aromatic heterocycles. The van der Waals surface area contributed by atoms with E-state index < -0.39 is 24.0 Å². The molecule has 0 saturated heterocycles. The van der Waals surface area contributed by atoms with E-state index in [2.05, 4.69) is 43.6 Å². The van der Waals surface area contributed by atoms with Gasteiger partial charge >= 0.3 is 220 Å². The van der Waals surface area contributed by atoms with E-state index in [0.29, 0.717) is 23.5 Å². The van der Waals surface area contributed by atoms with Crippen LogP contribution in [0.3, 0.4) is 0 Å². The molecule has 0 spiro atoms. The average molecular weight is 585 g/mol. The summed E-state index contributed by atoms with van der Waals surface area (Å²) in [6.45, 7) is 9.36. The Kier molecular flexibility index (Phi) is 8.90. The molecule has 0 amide bonds. The van der Waals surface area contributed by atoms with E-state index in [1.165, 1.54) is 69.4 Å². The first-order chi connectivity index (χ1) is 16.8. The van der Waals surface area contributed by atoms with Crippen LogP contribution in [-0.4, -0.2) is 34.2 Å². The van der Waals surface area contributed by atoms with E-state index >= 15 is 0 Å². The summed E-state index contributed by atoms with van der Waals surface area (Å²) in [7, 11) is 0. The van der Waals surface area contributed by atoms with Crippen molar-refractivity contribution in [2.75, 3.05) is 0 Å². The van der Waals surface area contributed by atoms with E-state index in [1.807, 2.05) is 12.1 Å². The van der Waals surface area contributed by atoms with Gasteiger partial charge in [0.05, 0.1) is 0 Å². The Balaban J connectivity index is 1.61. The fraction of sp³-hybridized carbons (Fsp3) is 0.750. The van der Waals surface area contributed by atoms with Gasteiger partial charge in [-0.15, -0.1) is 0 Å². The molecule has 2 nitrogen and oxygen atoms in total. The van der Waals surface area contributed by atoms with Gasteiger partial charge in [-0.1, -0.05) is 0 Å². The molecular weight excluding hydrogens is 535 g/mol. The molecule has 0 bridgehead atoms. The third-order valence-corrected chi connectivity index (χ3v) is 23.5. The topological polar surface area (TPSA) is 40.5 Å². The van der Waals surface area contributed by atoms with Gasteiger partial charge in [0.15, 0.2) is 0 Å². The number of unbranched alkanes of at least 4 members (excludes halogenated alkanes) is 3. The zero-order chi connectivity index (χ0) is 25.1. The summed E-state index contributed by atoms with van der Waals surface area (Å²) in [6, 6.07) is 6.05. The molecule has 0 radical (unpaired) electrons. The Morgan fingerprint density at radius 1 is 0.943 bits per heavy atom. The van der Waals surface area contributed by atoms with Crippen LogP contribution in [0.15, 0.2) is 18.2 Å². The van der Waals surface area contributed by atoms with E-state index in [-0.39, 0.29) is 5.41 Å². The molecule has 194 valence electrons. The Hall–Kier alpha value is -0.661. The van der Waals surface area contributed by atoms with Crippen LogP contribution >= 0.6 is 0 Å². The van der Waals surface area contributed by atoms with Crippen LogP contribution in [0.1, 0.15) is 115 Å². The summed E-state index contributed by atoms with van der Waals surface area (Å²) >= 11 is -2.60. The monoisotopic (exact) mass is 586 g/mol. The Morgan fingerprint density at radius 3 is 2.23 bits per heavy atom. The number of aromatic hydroxyl groups is 1. The minimum atomic E-state index is -2.60. The predicted molar refractivity (Wildman–Crippen MR) is 150 cm³/mol. The van der Waals surface area contributed by atoms with E-state index in [9.17, 15) is 10.2 Å². The van der Waals surface area contributed by atoms with Gasteiger partial charge in [0, 0.05) is 0 Å². The molecule has 0 heterocycles. The number of phenolic OH excluding ortho intramolecular Hbond substituents is 1. The van der Waals surface area contributed by atoms with Crippen molar-refractivity contribution in [2.24, 2.45) is 17.3 Å². The van der Waals surface area contributed by atoms with Crippen molar-refractivity contribution in [1.82, 2.24) is 0 Å². The van der Waals surface area contributed by atoms with Gasteiger partial charge in [-0.25, -0.2) is 0 Å². The Labute approximate surface area is 219 Å². The first-order valence-electron chi connectivity index (χ1n) is 14.9. The molecule has 0 unspecified atom stereocenters. The van der Waals surface area contributed by atoms with Crippen molar-refractivity contribution in [1.29, 1.82) is 0 Å². The summed E-state index contributed by atoms with van der Waals surface area (Å²) in [5.74, 6) is 5.95. The molecule has 2 saturated carbocycles. The Morgan fingerprint density at radius 2 is 1.60 bits per heavy atom. The number of hydrogen-bond acceptors (Lipinski definition) is 2. The maximum atomic E-state index is 12.2. The van der Waals surface area contributed by atoms with Crippen LogP contribution in [0.2, 0.25) is 13.3 Å². The fourth-order valence-electron chi connectivity index (χ4n) is 8.13. The molecule has 3 heteroatoms. The molecule has 3 aliphatic rings. The molecule has 3 aliphatic carbocycles. The Bertz CT molecular complexity index is 907. The summed E-state index contributed by atoms with van der Waals surface area (Å²) in [5, 5.41) is 22.2. The molecule has 0 aliphatic heterocycles. The van der Waals surface area contributed by atoms with Gasteiger partial charge in [0.2, 0.25) is 0 Å². The van der Waals surface area contributed by atoms with E-state index in [4.69, 9.17) is 0 Å². The first-order valence-corrected chi connectivity index (χ1v) is 22.4. The summed E-state index contributed by atoms with van der Waals surface area (Å²) in [5.41, 5.74) is 1.94. The van der Waals surface area contributed by atoms with Crippen LogP contribution in [0.25, 0.3) is 0 Å². The number of aryl methyl sites for hydroxylation is 1. The van der Waals surface area contributed by atoms with Crippen molar-refractivity contribution >= 4 is 18.4 Å². The molecule has 5 atom stereocenters. The standard InChI is InChI=1S/C20H23O2.3C4H9.Sn/c1-3-20(22)11-9-18-17-6-4-13-12-14(21)5-7-15(13)16(17)8-10-19(18,20)2;3*1-3-4-2;/h5,7,12,16-18,21-22H,4,6,8-11H2,2H3;3*1,3-4H2,2H3;/t16-,17-,18+,19+,20+;;;;/m1..../s1. The third-order valence-electron chi connectivity index (χ3n) is 10.4. The van der Waals surface area contributed by atoms with Crippen molar-refractivity contribution < 1.29 is 10.2 Å². The van der Waals surface area contributed by atoms with Crippen LogP contribution in [0.5, 0.6) is 5.75 Å². The van der Waals surface area contributed by atoms with Crippen LogP contribution in [-0.2, 0) is 6.42 Å². The maximum absolute atomic E-state index is 12.2. The molecule has 1 aromatic carbocycles. The third kappa shape index (κ3) is 5.34. The van der Waals surface area contributed by atoms with Crippen LogP contribution in [0, 0.1) is 27.1 Å². The van der Waals surface area contributed by atoms with Gasteiger partial charge in [-0.2, -0.15) is 0 Å². The number of phenols is 1. The molecule has 2 fully saturated rings. The number of benzene rings is 1. The van der Waals surface area contributed by atoms with Crippen LogP contribution < -0.4 is 0 Å². The van der Waals surface area contributed by atoms with Gasteiger partial charge in [0.1, 0.15) is 0 Å². The predicted octanol–water partition coefficient (Wildman–Crippen LogP) is 8.37. The SMILES string of the molecule is CCC[CH2][Sn]([C]#C[C@]1(O)CC[C@H]2[C@@H]3CCc4cc(O)ccc4[C@H]3CC[C@@]21C)([CH2]CCC)[CH2]CCC. The van der Waals surface area contributed by atoms with Crippen molar-refractivity contribution in [3.8, 4) is 15.6 Å². The molecule has 4 rings (SSSR count). The summed E-state index contributed by atoms with van der Waals surface area (Å²) in [4.78, 5) is 0. The van der Waals surface area contributed by atoms with Gasteiger partial charge in [-0.3, -0.25) is 0 Å². The quantitative estimate of drug-likeness (QED) is 0.226. The molecule has 35 heavy (non-hydrogen) atoms. The summed E-state index contributed by atoms with van der Waals surface area (Å²) < 4.78 is 8.23.